The highest BCUT2D eigenvalue weighted by molar-refractivity contribution is 6.53. The van der Waals surface area contributed by atoms with Crippen LogP contribution in [0.5, 0.6) is 0 Å². The molecule has 0 aromatic rings. The molecule has 1 atom stereocenters. The SMILES string of the molecule is CCCCCCCCCCCCCCCC[SiH](O)O[SiH2]O[SiH2]O[SiH2]O[SiH2]O[SiH2]O[SiH2]O[SiH2]O. The van der Waals surface area contributed by atoms with Gasteiger partial charge in [0.2, 0.25) is 0 Å². The van der Waals surface area contributed by atoms with Gasteiger partial charge in [0.25, 0.3) is 70.0 Å². The summed E-state index contributed by atoms with van der Waals surface area (Å²) in [7, 11) is -9.51. The lowest BCUT2D eigenvalue weighted by Gasteiger charge is -2.11. The molecule has 0 saturated carbocycles. The Labute approximate surface area is 220 Å². The van der Waals surface area contributed by atoms with Crippen LogP contribution in [0, 0.1) is 0 Å². The first kappa shape index (κ1) is 34.4. The van der Waals surface area contributed by atoms with Crippen molar-refractivity contribution in [3.63, 3.8) is 0 Å². The molecule has 0 aliphatic heterocycles. The van der Waals surface area contributed by atoms with Crippen molar-refractivity contribution in [3.8, 4) is 0 Å². The normalized spacial score (nSPS) is 15.0. The minimum absolute atomic E-state index is 0.831. The van der Waals surface area contributed by atoms with Crippen LogP contribution in [0.2, 0.25) is 6.04 Å². The fourth-order valence-corrected chi connectivity index (χ4v) is 15.7. The van der Waals surface area contributed by atoms with Crippen molar-refractivity contribution in [2.75, 3.05) is 0 Å². The van der Waals surface area contributed by atoms with Crippen molar-refractivity contribution < 1.29 is 38.4 Å². The van der Waals surface area contributed by atoms with Crippen LogP contribution < -0.4 is 0 Å². The lowest BCUT2D eigenvalue weighted by molar-refractivity contribution is 0.353. The van der Waals surface area contributed by atoms with Crippen LogP contribution in [0.3, 0.4) is 0 Å². The summed E-state index contributed by atoms with van der Waals surface area (Å²) in [6.45, 7) is 2.27. The Kier molecular flexibility index (Phi) is 32.7. The van der Waals surface area contributed by atoms with Gasteiger partial charge in [0.1, 0.15) is 0 Å². The van der Waals surface area contributed by atoms with Gasteiger partial charge in [-0.15, -0.1) is 0 Å². The lowest BCUT2D eigenvalue weighted by Crippen LogP contribution is -2.24. The van der Waals surface area contributed by atoms with E-state index in [0.29, 0.717) is 0 Å². The van der Waals surface area contributed by atoms with E-state index in [0.717, 1.165) is 12.5 Å². The summed E-state index contributed by atoms with van der Waals surface area (Å²) >= 11 is 0. The zero-order valence-corrected chi connectivity index (χ0v) is 31.9. The summed E-state index contributed by atoms with van der Waals surface area (Å²) in [5, 5.41) is 0. The molecule has 9 nitrogen and oxygen atoms in total. The maximum atomic E-state index is 10.0. The fraction of sp³-hybridized carbons (Fsp3) is 1.00. The van der Waals surface area contributed by atoms with Crippen molar-refractivity contribution in [1.29, 1.82) is 0 Å². The van der Waals surface area contributed by atoms with E-state index in [1.165, 1.54) is 83.5 Å². The Hall–Kier alpha value is 1.38. The molecule has 0 heterocycles. The molecule has 0 rings (SSSR count). The third-order valence-electron chi connectivity index (χ3n) is 5.07. The van der Waals surface area contributed by atoms with Crippen molar-refractivity contribution in [2.45, 2.75) is 103 Å². The van der Waals surface area contributed by atoms with E-state index in [9.17, 15) is 4.80 Å². The third kappa shape index (κ3) is 31.3. The number of hydrogen-bond acceptors (Lipinski definition) is 9. The predicted molar refractivity (Wildman–Crippen MR) is 154 cm³/mol. The molecular weight excluding hydrogens is 561 g/mol. The first-order valence-electron chi connectivity index (χ1n) is 12.7. The molecule has 0 aromatic heterocycles. The Bertz CT molecular complexity index is 370. The average Bonchev–Trinajstić information content (AvgIpc) is 2.82. The number of unbranched alkanes of at least 4 members (excludes halogenated alkanes) is 13. The molecule has 0 fully saturated rings. The van der Waals surface area contributed by atoms with E-state index < -0.39 is 79.3 Å². The molecule has 0 aromatic carbocycles. The molecule has 0 saturated heterocycles. The summed E-state index contributed by atoms with van der Waals surface area (Å²) in [6.07, 6.45) is 18.9. The molecule has 0 aliphatic rings. The van der Waals surface area contributed by atoms with E-state index in [-0.39, 0.29) is 0 Å². The molecule has 0 bridgehead atoms. The largest absolute Gasteiger partial charge is 0.425 e. The molecule has 0 aliphatic carbocycles. The highest BCUT2D eigenvalue weighted by Gasteiger charge is 2.07. The maximum Gasteiger partial charge on any atom is 0.309 e. The van der Waals surface area contributed by atoms with Crippen LogP contribution in [-0.4, -0.2) is 88.9 Å². The van der Waals surface area contributed by atoms with Crippen molar-refractivity contribution in [1.82, 2.24) is 0 Å². The van der Waals surface area contributed by atoms with Gasteiger partial charge in [-0.3, -0.25) is 0 Å². The monoisotopic (exact) mass is 610 g/mol. The molecule has 0 amide bonds. The van der Waals surface area contributed by atoms with Gasteiger partial charge in [-0.1, -0.05) is 96.8 Å². The van der Waals surface area contributed by atoms with Crippen LogP contribution in [0.25, 0.3) is 0 Å². The van der Waals surface area contributed by atoms with E-state index in [1.807, 2.05) is 0 Å². The average molecular weight is 611 g/mol. The van der Waals surface area contributed by atoms with Crippen molar-refractivity contribution in [3.05, 3.63) is 0 Å². The topological polar surface area (TPSA) is 105 Å². The molecule has 17 heteroatoms. The van der Waals surface area contributed by atoms with E-state index in [4.69, 9.17) is 33.6 Å². The third-order valence-corrected chi connectivity index (χ3v) is 16.1. The molecule has 0 spiro atoms. The van der Waals surface area contributed by atoms with Crippen molar-refractivity contribution in [2.24, 2.45) is 0 Å². The second kappa shape index (κ2) is 31.4. The highest BCUT2D eigenvalue weighted by Crippen LogP contribution is 2.13. The van der Waals surface area contributed by atoms with E-state index in [2.05, 4.69) is 6.92 Å². The second-order valence-corrected chi connectivity index (χ2v) is 22.4. The lowest BCUT2D eigenvalue weighted by atomic mass is 10.0. The zero-order valence-electron chi connectivity index (χ0n) is 20.9. The molecule has 1 unspecified atom stereocenters. The van der Waals surface area contributed by atoms with Gasteiger partial charge in [-0.25, -0.2) is 0 Å². The van der Waals surface area contributed by atoms with Crippen LogP contribution in [-0.2, 0) is 28.8 Å². The Morgan fingerprint density at radius 2 is 0.879 bits per heavy atom. The van der Waals surface area contributed by atoms with Crippen LogP contribution in [0.4, 0.5) is 0 Å². The maximum absolute atomic E-state index is 10.0. The quantitative estimate of drug-likeness (QED) is 0.0720. The van der Waals surface area contributed by atoms with Gasteiger partial charge >= 0.3 is 9.28 Å². The molecule has 33 heavy (non-hydrogen) atoms. The van der Waals surface area contributed by atoms with Crippen LogP contribution >= 0.6 is 0 Å². The molecular formula is C16H50O9Si8. The summed E-state index contributed by atoms with van der Waals surface area (Å²) in [5.74, 6) is 0. The van der Waals surface area contributed by atoms with E-state index in [1.54, 1.807) is 0 Å². The Morgan fingerprint density at radius 1 is 0.515 bits per heavy atom. The van der Waals surface area contributed by atoms with Gasteiger partial charge < -0.3 is 38.4 Å². The summed E-state index contributed by atoms with van der Waals surface area (Å²) in [5.41, 5.74) is 0. The highest BCUT2D eigenvalue weighted by atomic mass is 28.4. The smallest absolute Gasteiger partial charge is 0.309 e. The number of hydrogen-bond donors (Lipinski definition) is 2. The first-order chi connectivity index (χ1) is 16.3. The fourth-order valence-electron chi connectivity index (χ4n) is 3.23. The minimum Gasteiger partial charge on any atom is -0.425 e. The standard InChI is InChI=1S/C16H50O9Si8/c1-2-3-4-5-6-7-8-9-10-11-12-13-14-15-16-33(18)25-32-24-31-23-30-22-29-21-28-20-27-19-26-17/h17-18,33H,2-16,26-32H2,1H3. The Morgan fingerprint density at radius 3 is 1.30 bits per heavy atom. The van der Waals surface area contributed by atoms with Crippen LogP contribution in [0.15, 0.2) is 0 Å². The summed E-state index contributed by atoms with van der Waals surface area (Å²) < 4.78 is 37.4. The van der Waals surface area contributed by atoms with Gasteiger partial charge in [0.15, 0.2) is 0 Å². The van der Waals surface area contributed by atoms with Crippen molar-refractivity contribution >= 4 is 79.3 Å². The first-order valence-corrected chi connectivity index (χ1v) is 22.6. The number of rotatable bonds is 29. The Balaban J connectivity index is 3.13. The minimum atomic E-state index is -2.04. The van der Waals surface area contributed by atoms with Gasteiger partial charge in [-0.05, 0) is 6.04 Å². The zero-order chi connectivity index (χ0) is 24.1. The molecule has 2 N–H and O–H groups in total. The van der Waals surface area contributed by atoms with E-state index >= 15 is 0 Å². The van der Waals surface area contributed by atoms with Gasteiger partial charge in [-0.2, -0.15) is 0 Å². The van der Waals surface area contributed by atoms with Gasteiger partial charge in [0, 0.05) is 0 Å². The van der Waals surface area contributed by atoms with Gasteiger partial charge in [0.05, 0.1) is 0 Å². The summed E-state index contributed by atoms with van der Waals surface area (Å²) in [4.78, 5) is 18.6. The second-order valence-electron chi connectivity index (χ2n) is 8.07. The molecule has 0 radical (unpaired) electrons. The van der Waals surface area contributed by atoms with Crippen LogP contribution in [0.1, 0.15) is 96.8 Å². The molecule has 200 valence electrons. The summed E-state index contributed by atoms with van der Waals surface area (Å²) in [6, 6.07) is 0.831. The predicted octanol–water partition coefficient (Wildman–Crippen LogP) is -2.22.